The SMILES string of the molecule is CC(C)(C)OC(=O)NC(=NC[C@@H]1CCNC1)NC(=O)OC(C)(C)C. The fraction of sp³-hybridized carbons (Fsp3) is 0.812. The van der Waals surface area contributed by atoms with E-state index in [0.717, 1.165) is 19.5 Å². The van der Waals surface area contributed by atoms with Gasteiger partial charge in [0, 0.05) is 6.54 Å². The Bertz CT molecular complexity index is 439. The molecule has 0 aromatic carbocycles. The first-order valence-electron chi connectivity index (χ1n) is 8.20. The molecule has 138 valence electrons. The summed E-state index contributed by atoms with van der Waals surface area (Å²) in [6.45, 7) is 12.9. The van der Waals surface area contributed by atoms with Gasteiger partial charge in [-0.05, 0) is 67.0 Å². The van der Waals surface area contributed by atoms with Crippen molar-refractivity contribution in [3.63, 3.8) is 0 Å². The van der Waals surface area contributed by atoms with Crippen molar-refractivity contribution in [2.45, 2.75) is 59.2 Å². The molecule has 1 saturated heterocycles. The van der Waals surface area contributed by atoms with E-state index in [1.165, 1.54) is 0 Å². The zero-order valence-electron chi connectivity index (χ0n) is 15.5. The van der Waals surface area contributed by atoms with Gasteiger partial charge < -0.3 is 14.8 Å². The molecule has 3 N–H and O–H groups in total. The van der Waals surface area contributed by atoms with Gasteiger partial charge in [0.1, 0.15) is 11.2 Å². The van der Waals surface area contributed by atoms with E-state index in [9.17, 15) is 9.59 Å². The molecule has 0 bridgehead atoms. The van der Waals surface area contributed by atoms with E-state index >= 15 is 0 Å². The maximum Gasteiger partial charge on any atom is 0.414 e. The van der Waals surface area contributed by atoms with Gasteiger partial charge in [-0.15, -0.1) is 0 Å². The van der Waals surface area contributed by atoms with Crippen molar-refractivity contribution in [3.05, 3.63) is 0 Å². The highest BCUT2D eigenvalue weighted by Crippen LogP contribution is 2.09. The van der Waals surface area contributed by atoms with Crippen molar-refractivity contribution >= 4 is 18.1 Å². The van der Waals surface area contributed by atoms with Crippen LogP contribution in [-0.2, 0) is 9.47 Å². The summed E-state index contributed by atoms with van der Waals surface area (Å²) in [6.07, 6.45) is -0.348. The zero-order chi connectivity index (χ0) is 18.4. The lowest BCUT2D eigenvalue weighted by Gasteiger charge is -2.22. The molecule has 2 amide bonds. The predicted octanol–water partition coefficient (Wildman–Crippen LogP) is 2.00. The summed E-state index contributed by atoms with van der Waals surface area (Å²) >= 11 is 0. The number of nitrogens with one attached hydrogen (secondary N) is 3. The number of guanidine groups is 1. The molecular formula is C16H30N4O4. The minimum absolute atomic E-state index is 0.0328. The molecule has 1 rings (SSSR count). The van der Waals surface area contributed by atoms with Gasteiger partial charge in [0.15, 0.2) is 0 Å². The number of carbonyl (C=O) groups is 2. The highest BCUT2D eigenvalue weighted by Gasteiger charge is 2.22. The first-order valence-corrected chi connectivity index (χ1v) is 8.20. The predicted molar refractivity (Wildman–Crippen MR) is 92.0 cm³/mol. The average Bonchev–Trinajstić information content (AvgIpc) is 2.83. The van der Waals surface area contributed by atoms with Gasteiger partial charge in [0.2, 0.25) is 5.96 Å². The standard InChI is InChI=1S/C16H30N4O4/c1-15(2,3)23-13(21)19-12(18-10-11-7-8-17-9-11)20-14(22)24-16(4,5)6/h11,17H,7-10H2,1-6H3,(H2,18,19,20,21,22)/t11-/m1/s1. The van der Waals surface area contributed by atoms with Crippen LogP contribution in [0.3, 0.4) is 0 Å². The first-order chi connectivity index (χ1) is 10.9. The maximum atomic E-state index is 11.9. The molecule has 0 aliphatic carbocycles. The minimum atomic E-state index is -0.679. The van der Waals surface area contributed by atoms with Crippen molar-refractivity contribution in [1.82, 2.24) is 16.0 Å². The van der Waals surface area contributed by atoms with Gasteiger partial charge >= 0.3 is 12.2 Å². The van der Waals surface area contributed by atoms with Crippen LogP contribution in [0.2, 0.25) is 0 Å². The van der Waals surface area contributed by atoms with Gasteiger partial charge in [0.25, 0.3) is 0 Å². The lowest BCUT2D eigenvalue weighted by molar-refractivity contribution is 0.0545. The van der Waals surface area contributed by atoms with Crippen molar-refractivity contribution in [2.75, 3.05) is 19.6 Å². The quantitative estimate of drug-likeness (QED) is 0.526. The van der Waals surface area contributed by atoms with Crippen LogP contribution < -0.4 is 16.0 Å². The Morgan fingerprint density at radius 1 is 1.04 bits per heavy atom. The fourth-order valence-electron chi connectivity index (χ4n) is 2.00. The smallest absolute Gasteiger partial charge is 0.414 e. The average molecular weight is 342 g/mol. The molecule has 0 saturated carbocycles. The fourth-order valence-corrected chi connectivity index (χ4v) is 2.00. The van der Waals surface area contributed by atoms with E-state index in [-0.39, 0.29) is 5.96 Å². The molecule has 1 aliphatic rings. The highest BCUT2D eigenvalue weighted by molar-refractivity contribution is 6.01. The van der Waals surface area contributed by atoms with Crippen LogP contribution in [0.25, 0.3) is 0 Å². The van der Waals surface area contributed by atoms with E-state index in [1.54, 1.807) is 41.5 Å². The summed E-state index contributed by atoms with van der Waals surface area (Å²) in [5, 5.41) is 8.19. The second kappa shape index (κ2) is 8.32. The summed E-state index contributed by atoms with van der Waals surface area (Å²) < 4.78 is 10.4. The second-order valence-corrected chi connectivity index (χ2v) is 7.80. The van der Waals surface area contributed by atoms with Crippen molar-refractivity contribution < 1.29 is 19.1 Å². The zero-order valence-corrected chi connectivity index (χ0v) is 15.5. The largest absolute Gasteiger partial charge is 0.444 e. The van der Waals surface area contributed by atoms with Crippen LogP contribution in [-0.4, -0.2) is 49.0 Å². The highest BCUT2D eigenvalue weighted by atomic mass is 16.6. The number of aliphatic imine (C=N–C) groups is 1. The van der Waals surface area contributed by atoms with Crippen LogP contribution >= 0.6 is 0 Å². The molecule has 24 heavy (non-hydrogen) atoms. The van der Waals surface area contributed by atoms with Gasteiger partial charge in [-0.1, -0.05) is 0 Å². The Labute approximate surface area is 143 Å². The monoisotopic (exact) mass is 342 g/mol. The number of ether oxygens (including phenoxy) is 2. The Balaban J connectivity index is 2.68. The molecule has 8 nitrogen and oxygen atoms in total. The molecule has 8 heteroatoms. The van der Waals surface area contributed by atoms with Gasteiger partial charge in [0.05, 0.1) is 0 Å². The maximum absolute atomic E-state index is 11.9. The summed E-state index contributed by atoms with van der Waals surface area (Å²) in [5.74, 6) is 0.409. The summed E-state index contributed by atoms with van der Waals surface area (Å²) in [6, 6.07) is 0. The number of rotatable bonds is 2. The lowest BCUT2D eigenvalue weighted by Crippen LogP contribution is -2.47. The van der Waals surface area contributed by atoms with Crippen LogP contribution in [0.15, 0.2) is 4.99 Å². The van der Waals surface area contributed by atoms with Crippen molar-refractivity contribution in [1.29, 1.82) is 0 Å². The Morgan fingerprint density at radius 2 is 1.54 bits per heavy atom. The van der Waals surface area contributed by atoms with E-state index in [0.29, 0.717) is 12.5 Å². The Kier molecular flexibility index (Phi) is 7.01. The number of hydrogen-bond donors (Lipinski definition) is 3. The Morgan fingerprint density at radius 3 is 1.92 bits per heavy atom. The van der Waals surface area contributed by atoms with Gasteiger partial charge in [-0.2, -0.15) is 0 Å². The second-order valence-electron chi connectivity index (χ2n) is 7.80. The van der Waals surface area contributed by atoms with Crippen molar-refractivity contribution in [2.24, 2.45) is 10.9 Å². The van der Waals surface area contributed by atoms with Crippen LogP contribution in [0.5, 0.6) is 0 Å². The van der Waals surface area contributed by atoms with E-state index in [4.69, 9.17) is 9.47 Å². The molecule has 1 atom stereocenters. The van der Waals surface area contributed by atoms with E-state index in [1.807, 2.05) is 0 Å². The summed E-state index contributed by atoms with van der Waals surface area (Å²) in [5.41, 5.74) is -1.28. The third-order valence-electron chi connectivity index (χ3n) is 2.91. The molecular weight excluding hydrogens is 312 g/mol. The van der Waals surface area contributed by atoms with Crippen LogP contribution in [0.1, 0.15) is 48.0 Å². The topological polar surface area (TPSA) is 101 Å². The number of carbonyl (C=O) groups excluding carboxylic acids is 2. The van der Waals surface area contributed by atoms with Crippen LogP contribution in [0, 0.1) is 5.92 Å². The Hall–Kier alpha value is -1.83. The normalized spacial score (nSPS) is 17.8. The molecule has 0 spiro atoms. The van der Waals surface area contributed by atoms with E-state index < -0.39 is 23.4 Å². The van der Waals surface area contributed by atoms with E-state index in [2.05, 4.69) is 20.9 Å². The number of alkyl carbamates (subject to hydrolysis) is 2. The van der Waals surface area contributed by atoms with Gasteiger partial charge in [-0.3, -0.25) is 15.6 Å². The lowest BCUT2D eigenvalue weighted by atomic mass is 10.1. The third kappa shape index (κ3) is 9.34. The molecule has 1 fully saturated rings. The molecule has 0 unspecified atom stereocenters. The number of hydrogen-bond acceptors (Lipinski definition) is 6. The van der Waals surface area contributed by atoms with Gasteiger partial charge in [-0.25, -0.2) is 9.59 Å². The minimum Gasteiger partial charge on any atom is -0.444 e. The number of nitrogens with zero attached hydrogens (tertiary/aromatic N) is 1. The molecule has 0 aromatic rings. The summed E-state index contributed by atoms with van der Waals surface area (Å²) in [7, 11) is 0. The van der Waals surface area contributed by atoms with Crippen LogP contribution in [0.4, 0.5) is 9.59 Å². The van der Waals surface area contributed by atoms with Crippen molar-refractivity contribution in [3.8, 4) is 0 Å². The first kappa shape index (κ1) is 20.2. The molecule has 1 aliphatic heterocycles. The molecule has 1 heterocycles. The molecule has 0 aromatic heterocycles. The number of amides is 2. The molecule has 0 radical (unpaired) electrons. The third-order valence-corrected chi connectivity index (χ3v) is 2.91. The summed E-state index contributed by atoms with van der Waals surface area (Å²) in [4.78, 5) is 28.1.